The van der Waals surface area contributed by atoms with Crippen molar-refractivity contribution < 1.29 is 18.3 Å². The number of aliphatic hydroxyl groups is 1. The normalized spacial score (nSPS) is 18.0. The molecule has 12 heavy (non-hydrogen) atoms. The second-order valence-electron chi connectivity index (χ2n) is 3.29. The summed E-state index contributed by atoms with van der Waals surface area (Å²) in [5.74, 6) is 0. The molecule has 1 atom stereocenters. The quantitative estimate of drug-likeness (QED) is 0.694. The Labute approximate surface area is 69.8 Å². The largest absolute Gasteiger partial charge is 0.408 e. The zero-order chi connectivity index (χ0) is 9.99. The first-order chi connectivity index (χ1) is 5.23. The lowest BCUT2D eigenvalue weighted by molar-refractivity contribution is -0.203. The van der Waals surface area contributed by atoms with E-state index in [1.165, 1.54) is 0 Å². The maximum Gasteiger partial charge on any atom is 0.408 e. The Morgan fingerprint density at radius 1 is 1.33 bits per heavy atom. The van der Waals surface area contributed by atoms with Crippen molar-refractivity contribution in [2.75, 3.05) is 6.61 Å². The van der Waals surface area contributed by atoms with Gasteiger partial charge in [0, 0.05) is 6.04 Å². The lowest BCUT2D eigenvalue weighted by Gasteiger charge is -2.32. The minimum atomic E-state index is -4.42. The van der Waals surface area contributed by atoms with E-state index >= 15 is 0 Å². The average Bonchev–Trinajstić information content (AvgIpc) is 1.83. The lowest BCUT2D eigenvalue weighted by atomic mass is 10.0. The van der Waals surface area contributed by atoms with E-state index in [1.807, 2.05) is 0 Å². The molecule has 0 heterocycles. The number of alkyl halides is 3. The van der Waals surface area contributed by atoms with Crippen LogP contribution in [-0.4, -0.2) is 29.5 Å². The number of rotatable bonds is 3. The molecule has 0 aliphatic carbocycles. The SMILES string of the molecule is CC(C)NC(C)(CO)C(F)(F)F. The van der Waals surface area contributed by atoms with Gasteiger partial charge in [-0.2, -0.15) is 13.2 Å². The van der Waals surface area contributed by atoms with Crippen molar-refractivity contribution in [1.29, 1.82) is 0 Å². The van der Waals surface area contributed by atoms with Gasteiger partial charge in [-0.25, -0.2) is 0 Å². The van der Waals surface area contributed by atoms with Crippen molar-refractivity contribution >= 4 is 0 Å². The zero-order valence-electron chi connectivity index (χ0n) is 7.37. The molecule has 0 bridgehead atoms. The summed E-state index contributed by atoms with van der Waals surface area (Å²) in [6.07, 6.45) is -4.42. The van der Waals surface area contributed by atoms with E-state index in [9.17, 15) is 13.2 Å². The monoisotopic (exact) mass is 185 g/mol. The molecule has 1 unspecified atom stereocenters. The van der Waals surface area contributed by atoms with Crippen molar-refractivity contribution in [3.05, 3.63) is 0 Å². The molecule has 2 N–H and O–H groups in total. The molecule has 0 aliphatic rings. The predicted octanol–water partition coefficient (Wildman–Crippen LogP) is 1.30. The number of nitrogens with one attached hydrogen (secondary N) is 1. The molecule has 5 heteroatoms. The molecule has 0 spiro atoms. The van der Waals surface area contributed by atoms with Gasteiger partial charge < -0.3 is 5.11 Å². The number of halogens is 3. The van der Waals surface area contributed by atoms with Gasteiger partial charge in [-0.1, -0.05) is 13.8 Å². The van der Waals surface area contributed by atoms with Gasteiger partial charge in [-0.05, 0) is 6.92 Å². The molecule has 0 saturated carbocycles. The second kappa shape index (κ2) is 3.62. The fraction of sp³-hybridized carbons (Fsp3) is 1.00. The van der Waals surface area contributed by atoms with Crippen LogP contribution in [0.15, 0.2) is 0 Å². The smallest absolute Gasteiger partial charge is 0.394 e. The molecule has 0 saturated heterocycles. The highest BCUT2D eigenvalue weighted by molar-refractivity contribution is 4.91. The molecule has 74 valence electrons. The van der Waals surface area contributed by atoms with Crippen LogP contribution in [0.2, 0.25) is 0 Å². The average molecular weight is 185 g/mol. The van der Waals surface area contributed by atoms with Crippen LogP contribution in [0.3, 0.4) is 0 Å². The van der Waals surface area contributed by atoms with Crippen molar-refractivity contribution in [3.8, 4) is 0 Å². The Hall–Kier alpha value is -0.290. The molecule has 0 fully saturated rings. The van der Waals surface area contributed by atoms with Gasteiger partial charge in [0.05, 0.1) is 6.61 Å². The molecule has 0 rings (SSSR count). The summed E-state index contributed by atoms with van der Waals surface area (Å²) in [7, 11) is 0. The molecule has 0 aromatic heterocycles. The van der Waals surface area contributed by atoms with Crippen LogP contribution >= 0.6 is 0 Å². The Morgan fingerprint density at radius 3 is 1.83 bits per heavy atom. The number of aliphatic hydroxyl groups excluding tert-OH is 1. The van der Waals surface area contributed by atoms with Crippen LogP contribution < -0.4 is 5.32 Å². The molecule has 0 aromatic carbocycles. The van der Waals surface area contributed by atoms with E-state index in [0.29, 0.717) is 0 Å². The van der Waals surface area contributed by atoms with Crippen LogP contribution in [-0.2, 0) is 0 Å². The van der Waals surface area contributed by atoms with Crippen molar-refractivity contribution in [2.24, 2.45) is 0 Å². The summed E-state index contributed by atoms with van der Waals surface area (Å²) < 4.78 is 36.7. The standard InChI is InChI=1S/C7H14F3NO/c1-5(2)11-6(3,4-12)7(8,9)10/h5,11-12H,4H2,1-3H3. The second-order valence-corrected chi connectivity index (χ2v) is 3.29. The first kappa shape index (κ1) is 11.7. The van der Waals surface area contributed by atoms with E-state index in [4.69, 9.17) is 5.11 Å². The van der Waals surface area contributed by atoms with E-state index < -0.39 is 18.3 Å². The van der Waals surface area contributed by atoms with Crippen LogP contribution in [0.1, 0.15) is 20.8 Å². The highest BCUT2D eigenvalue weighted by Crippen LogP contribution is 2.29. The third-order valence-corrected chi connectivity index (χ3v) is 1.55. The van der Waals surface area contributed by atoms with Gasteiger partial charge in [-0.15, -0.1) is 0 Å². The van der Waals surface area contributed by atoms with E-state index in [-0.39, 0.29) is 6.04 Å². The molecule has 0 radical (unpaired) electrons. The third-order valence-electron chi connectivity index (χ3n) is 1.55. The van der Waals surface area contributed by atoms with Gasteiger partial charge in [0.2, 0.25) is 0 Å². The maximum atomic E-state index is 12.2. The lowest BCUT2D eigenvalue weighted by Crippen LogP contribution is -2.59. The fourth-order valence-corrected chi connectivity index (χ4v) is 0.854. The Bertz CT molecular complexity index is 146. The molecule has 0 amide bonds. The molecular weight excluding hydrogens is 171 g/mol. The summed E-state index contributed by atoms with van der Waals surface area (Å²) in [5.41, 5.74) is -2.19. The third kappa shape index (κ3) is 2.64. The van der Waals surface area contributed by atoms with Crippen molar-refractivity contribution in [2.45, 2.75) is 38.5 Å². The first-order valence-corrected chi connectivity index (χ1v) is 3.68. The predicted molar refractivity (Wildman–Crippen MR) is 39.8 cm³/mol. The van der Waals surface area contributed by atoms with Crippen molar-refractivity contribution in [3.63, 3.8) is 0 Å². The van der Waals surface area contributed by atoms with Crippen LogP contribution in [0, 0.1) is 0 Å². The Morgan fingerprint density at radius 2 is 1.75 bits per heavy atom. The van der Waals surface area contributed by atoms with E-state index in [0.717, 1.165) is 6.92 Å². The van der Waals surface area contributed by atoms with E-state index in [1.54, 1.807) is 13.8 Å². The first-order valence-electron chi connectivity index (χ1n) is 3.68. The maximum absolute atomic E-state index is 12.2. The zero-order valence-corrected chi connectivity index (χ0v) is 7.37. The van der Waals surface area contributed by atoms with E-state index in [2.05, 4.69) is 5.32 Å². The highest BCUT2D eigenvalue weighted by atomic mass is 19.4. The number of hydrogen-bond acceptors (Lipinski definition) is 2. The van der Waals surface area contributed by atoms with Gasteiger partial charge in [0.1, 0.15) is 5.54 Å². The summed E-state index contributed by atoms with van der Waals surface area (Å²) in [4.78, 5) is 0. The van der Waals surface area contributed by atoms with Crippen LogP contribution in [0.4, 0.5) is 13.2 Å². The van der Waals surface area contributed by atoms with Gasteiger partial charge in [0.25, 0.3) is 0 Å². The van der Waals surface area contributed by atoms with Gasteiger partial charge >= 0.3 is 6.18 Å². The molecule has 0 aliphatic heterocycles. The fourth-order valence-electron chi connectivity index (χ4n) is 0.854. The van der Waals surface area contributed by atoms with Crippen LogP contribution in [0.25, 0.3) is 0 Å². The molecule has 2 nitrogen and oxygen atoms in total. The molecular formula is C7H14F3NO. The van der Waals surface area contributed by atoms with Crippen molar-refractivity contribution in [1.82, 2.24) is 5.32 Å². The van der Waals surface area contributed by atoms with Gasteiger partial charge in [0.15, 0.2) is 0 Å². The summed E-state index contributed by atoms with van der Waals surface area (Å²) >= 11 is 0. The minimum absolute atomic E-state index is 0.316. The Balaban J connectivity index is 4.46. The number of hydrogen-bond donors (Lipinski definition) is 2. The topological polar surface area (TPSA) is 32.3 Å². The minimum Gasteiger partial charge on any atom is -0.394 e. The molecule has 0 aromatic rings. The Kier molecular flexibility index (Phi) is 3.53. The van der Waals surface area contributed by atoms with Gasteiger partial charge in [-0.3, -0.25) is 5.32 Å². The summed E-state index contributed by atoms with van der Waals surface area (Å²) in [6, 6.07) is -0.316. The summed E-state index contributed by atoms with van der Waals surface area (Å²) in [5, 5.41) is 10.9. The van der Waals surface area contributed by atoms with Crippen LogP contribution in [0.5, 0.6) is 0 Å². The highest BCUT2D eigenvalue weighted by Gasteiger charge is 2.50. The summed E-state index contributed by atoms with van der Waals surface area (Å²) in [6.45, 7) is 3.18.